The fourth-order valence-corrected chi connectivity index (χ4v) is 2.31. The van der Waals surface area contributed by atoms with Crippen LogP contribution < -0.4 is 14.2 Å². The molecule has 4 nitrogen and oxygen atoms in total. The summed E-state index contributed by atoms with van der Waals surface area (Å²) in [6.45, 7) is 1.83. The van der Waals surface area contributed by atoms with Crippen LogP contribution in [0, 0.1) is 6.92 Å². The van der Waals surface area contributed by atoms with Gasteiger partial charge in [-0.2, -0.15) is 0 Å². The second-order valence-corrected chi connectivity index (χ2v) is 3.86. The molecule has 1 aromatic rings. The zero-order valence-corrected chi connectivity index (χ0v) is 11.2. The third kappa shape index (κ3) is 1.87. The predicted molar refractivity (Wildman–Crippen MR) is 63.9 cm³/mol. The molecule has 0 fully saturated rings. The molecule has 0 saturated carbocycles. The molecule has 5 heteroatoms. The van der Waals surface area contributed by atoms with Gasteiger partial charge in [0.25, 0.3) is 0 Å². The zero-order valence-electron chi connectivity index (χ0n) is 9.59. The van der Waals surface area contributed by atoms with Gasteiger partial charge in [-0.15, -0.1) is 0 Å². The summed E-state index contributed by atoms with van der Waals surface area (Å²) in [6.07, 6.45) is 0.702. The fraction of sp³-hybridized carbons (Fsp3) is 0.364. The number of benzene rings is 1. The molecule has 16 heavy (non-hydrogen) atoms. The van der Waals surface area contributed by atoms with Crippen molar-refractivity contribution < 1.29 is 19.0 Å². The van der Waals surface area contributed by atoms with Crippen molar-refractivity contribution in [2.24, 2.45) is 0 Å². The molecule has 88 valence electrons. The van der Waals surface area contributed by atoms with Crippen LogP contribution in [0.15, 0.2) is 4.47 Å². The van der Waals surface area contributed by atoms with Gasteiger partial charge < -0.3 is 14.2 Å². The minimum atomic E-state index is 0.377. The summed E-state index contributed by atoms with van der Waals surface area (Å²) in [6, 6.07) is 0. The Morgan fingerprint density at radius 3 is 1.88 bits per heavy atom. The van der Waals surface area contributed by atoms with E-state index in [1.165, 1.54) is 21.3 Å². The highest BCUT2D eigenvalue weighted by Gasteiger charge is 2.22. The van der Waals surface area contributed by atoms with Gasteiger partial charge in [-0.1, -0.05) is 0 Å². The number of hydrogen-bond donors (Lipinski definition) is 0. The summed E-state index contributed by atoms with van der Waals surface area (Å²) in [5.74, 6) is 1.48. The molecule has 1 rings (SSSR count). The van der Waals surface area contributed by atoms with Gasteiger partial charge in [0.1, 0.15) is 5.75 Å². The first-order valence-corrected chi connectivity index (χ1v) is 5.34. The highest BCUT2D eigenvalue weighted by Crippen LogP contribution is 2.45. The van der Waals surface area contributed by atoms with E-state index < -0.39 is 0 Å². The molecule has 0 N–H and O–H groups in total. The molecule has 0 heterocycles. The van der Waals surface area contributed by atoms with Crippen molar-refractivity contribution in [3.63, 3.8) is 0 Å². The van der Waals surface area contributed by atoms with Gasteiger partial charge in [-0.05, 0) is 22.9 Å². The van der Waals surface area contributed by atoms with Crippen LogP contribution in [0.2, 0.25) is 0 Å². The molecule has 0 saturated heterocycles. The van der Waals surface area contributed by atoms with E-state index in [9.17, 15) is 4.79 Å². The summed E-state index contributed by atoms with van der Waals surface area (Å²) in [7, 11) is 4.55. The van der Waals surface area contributed by atoms with E-state index in [4.69, 9.17) is 14.2 Å². The Balaban J connectivity index is 3.67. The summed E-state index contributed by atoms with van der Waals surface area (Å²) >= 11 is 3.32. The molecule has 0 amide bonds. The van der Waals surface area contributed by atoms with Crippen LogP contribution in [0.1, 0.15) is 15.9 Å². The van der Waals surface area contributed by atoms with Crippen molar-refractivity contribution in [1.29, 1.82) is 0 Å². The lowest BCUT2D eigenvalue weighted by Crippen LogP contribution is -2.02. The number of aldehydes is 1. The fourth-order valence-electron chi connectivity index (χ4n) is 1.58. The zero-order chi connectivity index (χ0) is 12.3. The quantitative estimate of drug-likeness (QED) is 0.799. The van der Waals surface area contributed by atoms with E-state index in [1.54, 1.807) is 0 Å². The highest BCUT2D eigenvalue weighted by atomic mass is 79.9. The largest absolute Gasteiger partial charge is 0.495 e. The van der Waals surface area contributed by atoms with Crippen molar-refractivity contribution >= 4 is 22.2 Å². The monoisotopic (exact) mass is 288 g/mol. The van der Waals surface area contributed by atoms with E-state index in [0.717, 1.165) is 5.56 Å². The first kappa shape index (κ1) is 12.8. The minimum Gasteiger partial charge on any atom is -0.495 e. The first-order chi connectivity index (χ1) is 7.62. The van der Waals surface area contributed by atoms with Crippen molar-refractivity contribution in [3.8, 4) is 17.2 Å². The van der Waals surface area contributed by atoms with Crippen LogP contribution in [-0.2, 0) is 0 Å². The van der Waals surface area contributed by atoms with Gasteiger partial charge in [0.2, 0.25) is 0 Å². The predicted octanol–water partition coefficient (Wildman–Crippen LogP) is 2.60. The molecule has 0 radical (unpaired) electrons. The van der Waals surface area contributed by atoms with Gasteiger partial charge >= 0.3 is 0 Å². The molecule has 1 aromatic carbocycles. The molecule has 0 spiro atoms. The van der Waals surface area contributed by atoms with Crippen LogP contribution in [0.4, 0.5) is 0 Å². The van der Waals surface area contributed by atoms with Crippen LogP contribution in [-0.4, -0.2) is 27.6 Å². The number of halogens is 1. The smallest absolute Gasteiger partial charge is 0.172 e. The lowest BCUT2D eigenvalue weighted by Gasteiger charge is -2.17. The molecular weight excluding hydrogens is 276 g/mol. The molecular formula is C11H13BrO4. The Morgan fingerprint density at radius 2 is 1.50 bits per heavy atom. The Hall–Kier alpha value is -1.23. The first-order valence-electron chi connectivity index (χ1n) is 4.55. The van der Waals surface area contributed by atoms with Gasteiger partial charge in [0.05, 0.1) is 31.4 Å². The van der Waals surface area contributed by atoms with Crippen LogP contribution in [0.25, 0.3) is 0 Å². The normalized spacial score (nSPS) is 9.81. The van der Waals surface area contributed by atoms with Crippen LogP contribution in [0.3, 0.4) is 0 Å². The summed E-state index contributed by atoms with van der Waals surface area (Å²) < 4.78 is 16.2. The van der Waals surface area contributed by atoms with Gasteiger partial charge in [-0.3, -0.25) is 4.79 Å². The summed E-state index contributed by atoms with van der Waals surface area (Å²) in [4.78, 5) is 11.0. The second kappa shape index (κ2) is 5.21. The molecule has 0 aliphatic heterocycles. The van der Waals surface area contributed by atoms with Crippen molar-refractivity contribution in [2.45, 2.75) is 6.92 Å². The standard InChI is InChI=1S/C11H13BrO4/c1-6-9(14-2)8(12)7(5-13)11(16-4)10(6)15-3/h5H,1-4H3. The number of hydrogen-bond acceptors (Lipinski definition) is 4. The Bertz CT molecular complexity index is 415. The molecule has 0 aliphatic rings. The van der Waals surface area contributed by atoms with Crippen LogP contribution >= 0.6 is 15.9 Å². The Morgan fingerprint density at radius 1 is 1.00 bits per heavy atom. The number of carbonyl (C=O) groups excluding carboxylic acids is 1. The minimum absolute atomic E-state index is 0.377. The van der Waals surface area contributed by atoms with Gasteiger partial charge in [0.15, 0.2) is 17.8 Å². The summed E-state index contributed by atoms with van der Waals surface area (Å²) in [5, 5.41) is 0. The maximum absolute atomic E-state index is 11.0. The topological polar surface area (TPSA) is 44.8 Å². The van der Waals surface area contributed by atoms with Crippen molar-refractivity contribution in [1.82, 2.24) is 0 Å². The SMILES string of the molecule is COc1c(C)c(OC)c(OC)c(C=O)c1Br. The Labute approximate surface area is 103 Å². The highest BCUT2D eigenvalue weighted by molar-refractivity contribution is 9.10. The molecule has 0 aromatic heterocycles. The van der Waals surface area contributed by atoms with Crippen molar-refractivity contribution in [2.75, 3.05) is 21.3 Å². The number of rotatable bonds is 4. The summed E-state index contributed by atoms with van der Waals surface area (Å²) in [5.41, 5.74) is 1.15. The number of ether oxygens (including phenoxy) is 3. The number of carbonyl (C=O) groups is 1. The molecule has 0 bridgehead atoms. The second-order valence-electron chi connectivity index (χ2n) is 3.07. The van der Waals surface area contributed by atoms with Crippen molar-refractivity contribution in [3.05, 3.63) is 15.6 Å². The van der Waals surface area contributed by atoms with E-state index in [2.05, 4.69) is 15.9 Å². The maximum Gasteiger partial charge on any atom is 0.172 e. The number of methoxy groups -OCH3 is 3. The van der Waals surface area contributed by atoms with Gasteiger partial charge in [-0.25, -0.2) is 0 Å². The van der Waals surface area contributed by atoms with E-state index in [-0.39, 0.29) is 0 Å². The average Bonchev–Trinajstić information content (AvgIpc) is 2.29. The van der Waals surface area contributed by atoms with E-state index in [1.807, 2.05) is 6.92 Å². The lowest BCUT2D eigenvalue weighted by molar-refractivity contribution is 0.111. The van der Waals surface area contributed by atoms with E-state index >= 15 is 0 Å². The van der Waals surface area contributed by atoms with E-state index in [0.29, 0.717) is 33.6 Å². The average molecular weight is 289 g/mol. The molecule has 0 unspecified atom stereocenters. The van der Waals surface area contributed by atoms with Gasteiger partial charge in [0, 0.05) is 5.56 Å². The maximum atomic E-state index is 11.0. The molecule has 0 aliphatic carbocycles. The third-order valence-electron chi connectivity index (χ3n) is 2.30. The Kier molecular flexibility index (Phi) is 4.18. The third-order valence-corrected chi connectivity index (χ3v) is 3.09. The van der Waals surface area contributed by atoms with Crippen LogP contribution in [0.5, 0.6) is 17.2 Å². The lowest BCUT2D eigenvalue weighted by atomic mass is 10.1. The molecule has 0 atom stereocenters.